The van der Waals surface area contributed by atoms with Crippen LogP contribution in [-0.2, 0) is 0 Å². The number of imidazole rings is 1. The number of anilines is 1. The molecule has 0 aliphatic heterocycles. The lowest BCUT2D eigenvalue weighted by Crippen LogP contribution is -2.23. The SMILES string of the molecule is Nc1nc(-c2ccccc2)cn1NC(=O)c1nc(-c2ccc(Cl)cc2)ns1. The number of nitrogens with zero attached hydrogens (tertiary/aromatic N) is 4. The summed E-state index contributed by atoms with van der Waals surface area (Å²) in [4.78, 5) is 21.0. The van der Waals surface area contributed by atoms with Gasteiger partial charge in [0.25, 0.3) is 0 Å². The first-order chi connectivity index (χ1) is 13.1. The number of nitrogens with one attached hydrogen (secondary N) is 1. The lowest BCUT2D eigenvalue weighted by molar-refractivity contribution is 0.101. The molecular weight excluding hydrogens is 384 g/mol. The molecule has 0 aliphatic rings. The smallest absolute Gasteiger partial charge is 0.300 e. The number of nitrogens with two attached hydrogens (primary N) is 1. The van der Waals surface area contributed by atoms with Crippen molar-refractivity contribution in [3.63, 3.8) is 0 Å². The van der Waals surface area contributed by atoms with Gasteiger partial charge in [-0.15, -0.1) is 0 Å². The molecule has 3 N–H and O–H groups in total. The van der Waals surface area contributed by atoms with Gasteiger partial charge in [0, 0.05) is 16.1 Å². The molecule has 4 rings (SSSR count). The first-order valence-corrected chi connectivity index (χ1v) is 9.06. The van der Waals surface area contributed by atoms with Crippen molar-refractivity contribution in [3.05, 3.63) is 70.8 Å². The van der Waals surface area contributed by atoms with Crippen LogP contribution in [0.5, 0.6) is 0 Å². The van der Waals surface area contributed by atoms with E-state index in [0.29, 0.717) is 16.5 Å². The molecule has 0 unspecified atom stereocenters. The number of carbonyl (C=O) groups excluding carboxylic acids is 1. The van der Waals surface area contributed by atoms with Crippen molar-refractivity contribution in [3.8, 4) is 22.6 Å². The van der Waals surface area contributed by atoms with Gasteiger partial charge >= 0.3 is 5.91 Å². The Hall–Kier alpha value is -3.23. The first kappa shape index (κ1) is 17.2. The third kappa shape index (κ3) is 3.67. The van der Waals surface area contributed by atoms with Crippen molar-refractivity contribution in [1.29, 1.82) is 0 Å². The highest BCUT2D eigenvalue weighted by molar-refractivity contribution is 7.08. The van der Waals surface area contributed by atoms with Gasteiger partial charge in [0.15, 0.2) is 5.82 Å². The fourth-order valence-corrected chi connectivity index (χ4v) is 3.12. The van der Waals surface area contributed by atoms with Gasteiger partial charge in [-0.1, -0.05) is 41.9 Å². The Balaban J connectivity index is 1.53. The van der Waals surface area contributed by atoms with Gasteiger partial charge in [0.1, 0.15) is 0 Å². The number of hydrogen-bond donors (Lipinski definition) is 2. The fraction of sp³-hybridized carbons (Fsp3) is 0. The fourth-order valence-electron chi connectivity index (χ4n) is 2.42. The number of nitrogen functional groups attached to an aromatic ring is 1. The van der Waals surface area contributed by atoms with Gasteiger partial charge in [-0.25, -0.2) is 14.6 Å². The summed E-state index contributed by atoms with van der Waals surface area (Å²) in [5.74, 6) is 0.214. The maximum atomic E-state index is 12.5. The lowest BCUT2D eigenvalue weighted by Gasteiger charge is -2.04. The van der Waals surface area contributed by atoms with Crippen molar-refractivity contribution < 1.29 is 4.79 Å². The minimum Gasteiger partial charge on any atom is -0.368 e. The number of amides is 1. The molecule has 0 fully saturated rings. The number of benzene rings is 2. The largest absolute Gasteiger partial charge is 0.368 e. The molecule has 0 saturated heterocycles. The van der Waals surface area contributed by atoms with Crippen LogP contribution in [0.4, 0.5) is 5.95 Å². The summed E-state index contributed by atoms with van der Waals surface area (Å²) in [5, 5.41) is 0.839. The second-order valence-corrected chi connectivity index (χ2v) is 6.78. The van der Waals surface area contributed by atoms with E-state index in [1.165, 1.54) is 4.68 Å². The van der Waals surface area contributed by atoms with Crippen LogP contribution in [-0.4, -0.2) is 24.9 Å². The van der Waals surface area contributed by atoms with Gasteiger partial charge < -0.3 is 5.73 Å². The van der Waals surface area contributed by atoms with Crippen molar-refractivity contribution in [2.45, 2.75) is 0 Å². The van der Waals surface area contributed by atoms with Gasteiger partial charge in [0.05, 0.1) is 11.9 Å². The molecule has 0 spiro atoms. The third-order valence-electron chi connectivity index (χ3n) is 3.75. The van der Waals surface area contributed by atoms with E-state index >= 15 is 0 Å². The van der Waals surface area contributed by atoms with Gasteiger partial charge in [0.2, 0.25) is 11.0 Å². The first-order valence-electron chi connectivity index (χ1n) is 7.91. The summed E-state index contributed by atoms with van der Waals surface area (Å²) in [6.45, 7) is 0. The topological polar surface area (TPSA) is 98.7 Å². The Bertz CT molecular complexity index is 1090. The number of halogens is 1. The van der Waals surface area contributed by atoms with Crippen molar-refractivity contribution in [2.75, 3.05) is 11.2 Å². The van der Waals surface area contributed by atoms with E-state index in [9.17, 15) is 4.79 Å². The number of aromatic nitrogens is 4. The van der Waals surface area contributed by atoms with E-state index in [1.807, 2.05) is 30.3 Å². The normalized spacial score (nSPS) is 10.7. The molecule has 0 radical (unpaired) electrons. The van der Waals surface area contributed by atoms with Crippen LogP contribution in [0.15, 0.2) is 60.8 Å². The van der Waals surface area contributed by atoms with Crippen LogP contribution in [0, 0.1) is 0 Å². The summed E-state index contributed by atoms with van der Waals surface area (Å²) in [5.41, 5.74) is 10.9. The number of rotatable bonds is 4. The molecule has 4 aromatic rings. The average molecular weight is 397 g/mol. The number of hydrogen-bond acceptors (Lipinski definition) is 6. The highest BCUT2D eigenvalue weighted by atomic mass is 35.5. The summed E-state index contributed by atoms with van der Waals surface area (Å²) in [7, 11) is 0. The number of carbonyl (C=O) groups is 1. The van der Waals surface area contributed by atoms with E-state index in [0.717, 1.165) is 22.7 Å². The monoisotopic (exact) mass is 396 g/mol. The van der Waals surface area contributed by atoms with Crippen LogP contribution in [0.25, 0.3) is 22.6 Å². The van der Waals surface area contributed by atoms with Gasteiger partial charge in [-0.3, -0.25) is 10.2 Å². The highest BCUT2D eigenvalue weighted by Gasteiger charge is 2.16. The molecular formula is C18H13ClN6OS. The Morgan fingerprint density at radius 2 is 1.78 bits per heavy atom. The van der Waals surface area contributed by atoms with E-state index in [-0.39, 0.29) is 11.0 Å². The van der Waals surface area contributed by atoms with Crippen molar-refractivity contribution in [2.24, 2.45) is 0 Å². The Morgan fingerprint density at radius 3 is 2.52 bits per heavy atom. The quantitative estimate of drug-likeness (QED) is 0.548. The van der Waals surface area contributed by atoms with Crippen molar-refractivity contribution in [1.82, 2.24) is 19.0 Å². The Kier molecular flexibility index (Phi) is 4.57. The second-order valence-electron chi connectivity index (χ2n) is 5.59. The zero-order valence-corrected chi connectivity index (χ0v) is 15.4. The molecule has 0 atom stereocenters. The van der Waals surface area contributed by atoms with Crippen LogP contribution in [0.1, 0.15) is 9.80 Å². The van der Waals surface area contributed by atoms with E-state index < -0.39 is 5.91 Å². The highest BCUT2D eigenvalue weighted by Crippen LogP contribution is 2.21. The van der Waals surface area contributed by atoms with Crippen LogP contribution < -0.4 is 11.2 Å². The summed E-state index contributed by atoms with van der Waals surface area (Å²) >= 11 is 6.89. The molecule has 1 amide bonds. The molecule has 134 valence electrons. The summed E-state index contributed by atoms with van der Waals surface area (Å²) < 4.78 is 5.59. The summed E-state index contributed by atoms with van der Waals surface area (Å²) in [6, 6.07) is 16.6. The Labute approximate surface area is 163 Å². The minimum absolute atomic E-state index is 0.171. The Morgan fingerprint density at radius 1 is 1.04 bits per heavy atom. The maximum Gasteiger partial charge on any atom is 0.300 e. The van der Waals surface area contributed by atoms with Crippen LogP contribution in [0.3, 0.4) is 0 Å². The van der Waals surface area contributed by atoms with Gasteiger partial charge in [-0.05, 0) is 35.8 Å². The molecule has 2 heterocycles. The molecule has 0 bridgehead atoms. The lowest BCUT2D eigenvalue weighted by atomic mass is 10.2. The maximum absolute atomic E-state index is 12.5. The van der Waals surface area contributed by atoms with Crippen molar-refractivity contribution >= 4 is 35.0 Å². The van der Waals surface area contributed by atoms with Gasteiger partial charge in [-0.2, -0.15) is 4.37 Å². The molecule has 7 nitrogen and oxygen atoms in total. The van der Waals surface area contributed by atoms with E-state index in [1.54, 1.807) is 30.5 Å². The molecule has 27 heavy (non-hydrogen) atoms. The summed E-state index contributed by atoms with van der Waals surface area (Å²) in [6.07, 6.45) is 1.66. The zero-order valence-electron chi connectivity index (χ0n) is 13.8. The molecule has 0 saturated carbocycles. The molecule has 0 aliphatic carbocycles. The zero-order chi connectivity index (χ0) is 18.8. The third-order valence-corrected chi connectivity index (χ3v) is 4.71. The predicted octanol–water partition coefficient (Wildman–Crippen LogP) is 3.69. The van der Waals surface area contributed by atoms with Crippen LogP contribution in [0.2, 0.25) is 5.02 Å². The van der Waals surface area contributed by atoms with Crippen LogP contribution >= 0.6 is 23.1 Å². The molecule has 9 heteroatoms. The molecule has 2 aromatic carbocycles. The predicted molar refractivity (Wildman–Crippen MR) is 106 cm³/mol. The standard InChI is InChI=1S/C18H13ClN6OS/c19-13-8-6-12(7-9-13)15-22-17(27-24-15)16(26)23-25-10-14(21-18(25)20)11-4-2-1-3-5-11/h1-10H,(H2,20,21)(H,23,26). The minimum atomic E-state index is -0.420. The molecule has 2 aromatic heterocycles. The van der Waals surface area contributed by atoms with E-state index in [2.05, 4.69) is 19.8 Å². The average Bonchev–Trinajstić information content (AvgIpc) is 3.31. The van der Waals surface area contributed by atoms with E-state index in [4.69, 9.17) is 17.3 Å². The second kappa shape index (κ2) is 7.18.